The highest BCUT2D eigenvalue weighted by Crippen LogP contribution is 2.26. The summed E-state index contributed by atoms with van der Waals surface area (Å²) >= 11 is 0. The Morgan fingerprint density at radius 1 is 1.48 bits per heavy atom. The predicted molar refractivity (Wildman–Crippen MR) is 85.2 cm³/mol. The molecular formula is C14H21N3O3Si. The van der Waals surface area contributed by atoms with E-state index in [9.17, 15) is 9.90 Å². The molecule has 0 bridgehead atoms. The normalized spacial score (nSPS) is 12.0. The summed E-state index contributed by atoms with van der Waals surface area (Å²) in [6.45, 7) is 7.70. The Hall–Kier alpha value is -1.86. The zero-order valence-electron chi connectivity index (χ0n) is 12.6. The predicted octanol–water partition coefficient (Wildman–Crippen LogP) is 2.63. The van der Waals surface area contributed by atoms with Crippen LogP contribution < -0.4 is 5.73 Å². The van der Waals surface area contributed by atoms with Crippen molar-refractivity contribution in [2.45, 2.75) is 32.4 Å². The standard InChI is InChI=1S/C14H21N3O3Si/c1-21(2,3)8-7-20-9-17-12(15)11(14(18)19)10-5-4-6-16-13(10)17/h4-6H,7-9,15H2,1-3H3,(H,18,19). The molecule has 0 amide bonds. The van der Waals surface area contributed by atoms with E-state index in [1.165, 1.54) is 0 Å². The van der Waals surface area contributed by atoms with Gasteiger partial charge in [-0.2, -0.15) is 0 Å². The summed E-state index contributed by atoms with van der Waals surface area (Å²) in [4.78, 5) is 15.6. The molecule has 114 valence electrons. The molecule has 21 heavy (non-hydrogen) atoms. The van der Waals surface area contributed by atoms with Crippen LogP contribution in [0.3, 0.4) is 0 Å². The van der Waals surface area contributed by atoms with E-state index in [1.807, 2.05) is 0 Å². The van der Waals surface area contributed by atoms with E-state index < -0.39 is 14.0 Å². The molecule has 0 radical (unpaired) electrons. The third-order valence-corrected chi connectivity index (χ3v) is 4.99. The Morgan fingerprint density at radius 3 is 2.81 bits per heavy atom. The van der Waals surface area contributed by atoms with Crippen molar-refractivity contribution in [2.24, 2.45) is 0 Å². The van der Waals surface area contributed by atoms with Gasteiger partial charge in [-0.15, -0.1) is 0 Å². The molecule has 6 nitrogen and oxygen atoms in total. The van der Waals surface area contributed by atoms with Crippen molar-refractivity contribution in [1.29, 1.82) is 0 Å². The third-order valence-electron chi connectivity index (χ3n) is 3.29. The highest BCUT2D eigenvalue weighted by Gasteiger charge is 2.21. The molecule has 0 atom stereocenters. The zero-order valence-corrected chi connectivity index (χ0v) is 13.6. The van der Waals surface area contributed by atoms with Gasteiger partial charge >= 0.3 is 5.97 Å². The van der Waals surface area contributed by atoms with Gasteiger partial charge in [0.15, 0.2) is 0 Å². The van der Waals surface area contributed by atoms with Gasteiger partial charge in [0.05, 0.1) is 0 Å². The summed E-state index contributed by atoms with van der Waals surface area (Å²) < 4.78 is 7.28. The van der Waals surface area contributed by atoms with E-state index in [1.54, 1.807) is 22.9 Å². The van der Waals surface area contributed by atoms with Crippen molar-refractivity contribution in [3.8, 4) is 0 Å². The van der Waals surface area contributed by atoms with E-state index in [4.69, 9.17) is 10.5 Å². The number of aromatic nitrogens is 2. The number of hydrogen-bond donors (Lipinski definition) is 2. The molecule has 2 aromatic heterocycles. The quantitative estimate of drug-likeness (QED) is 0.632. The van der Waals surface area contributed by atoms with Gasteiger partial charge in [-0.05, 0) is 18.2 Å². The lowest BCUT2D eigenvalue weighted by molar-refractivity contribution is 0.0698. The molecule has 0 aromatic carbocycles. The summed E-state index contributed by atoms with van der Waals surface area (Å²) in [7, 11) is -1.15. The van der Waals surface area contributed by atoms with E-state index in [-0.39, 0.29) is 18.1 Å². The van der Waals surface area contributed by atoms with Gasteiger partial charge in [0.2, 0.25) is 0 Å². The van der Waals surface area contributed by atoms with Crippen molar-refractivity contribution in [3.63, 3.8) is 0 Å². The van der Waals surface area contributed by atoms with Crippen molar-refractivity contribution in [1.82, 2.24) is 9.55 Å². The molecule has 0 aliphatic carbocycles. The number of nitrogens with two attached hydrogens (primary N) is 1. The monoisotopic (exact) mass is 307 g/mol. The fraction of sp³-hybridized carbons (Fsp3) is 0.429. The maximum atomic E-state index is 11.4. The number of nitrogen functional groups attached to an aromatic ring is 1. The molecule has 0 unspecified atom stereocenters. The van der Waals surface area contributed by atoms with Crippen LogP contribution in [0.5, 0.6) is 0 Å². The molecule has 0 fully saturated rings. The van der Waals surface area contributed by atoms with E-state index in [0.717, 1.165) is 6.04 Å². The largest absolute Gasteiger partial charge is 0.478 e. The van der Waals surface area contributed by atoms with Gasteiger partial charge in [0.25, 0.3) is 0 Å². The molecule has 0 spiro atoms. The molecule has 7 heteroatoms. The molecule has 3 N–H and O–H groups in total. The number of carbonyl (C=O) groups is 1. The van der Waals surface area contributed by atoms with E-state index in [0.29, 0.717) is 17.6 Å². The highest BCUT2D eigenvalue weighted by molar-refractivity contribution is 6.76. The number of pyridine rings is 1. The number of fused-ring (bicyclic) bond motifs is 1. The lowest BCUT2D eigenvalue weighted by Gasteiger charge is -2.16. The minimum atomic E-state index is -1.15. The first kappa shape index (κ1) is 15.5. The van der Waals surface area contributed by atoms with Crippen LogP contribution in [0.1, 0.15) is 10.4 Å². The van der Waals surface area contributed by atoms with Crippen molar-refractivity contribution in [2.75, 3.05) is 12.3 Å². The molecule has 2 heterocycles. The van der Waals surface area contributed by atoms with Crippen LogP contribution in [0.15, 0.2) is 18.3 Å². The number of anilines is 1. The van der Waals surface area contributed by atoms with E-state index >= 15 is 0 Å². The zero-order chi connectivity index (χ0) is 15.6. The topological polar surface area (TPSA) is 90.4 Å². The van der Waals surface area contributed by atoms with Crippen molar-refractivity contribution in [3.05, 3.63) is 23.9 Å². The highest BCUT2D eigenvalue weighted by atomic mass is 28.3. The Labute approximate surface area is 124 Å². The summed E-state index contributed by atoms with van der Waals surface area (Å²) in [6.07, 6.45) is 1.62. The van der Waals surface area contributed by atoms with Gasteiger partial charge in [-0.3, -0.25) is 4.57 Å². The van der Waals surface area contributed by atoms with Crippen LogP contribution in [0.2, 0.25) is 25.7 Å². The molecule has 0 saturated carbocycles. The second-order valence-corrected chi connectivity index (χ2v) is 11.8. The van der Waals surface area contributed by atoms with Crippen LogP contribution in [-0.4, -0.2) is 35.3 Å². The molecule has 2 aromatic rings. The van der Waals surface area contributed by atoms with Gasteiger partial charge in [0, 0.05) is 26.3 Å². The maximum Gasteiger partial charge on any atom is 0.340 e. The Bertz CT molecular complexity index is 661. The lowest BCUT2D eigenvalue weighted by atomic mass is 10.2. The van der Waals surface area contributed by atoms with Gasteiger partial charge < -0.3 is 15.6 Å². The lowest BCUT2D eigenvalue weighted by Crippen LogP contribution is -2.22. The summed E-state index contributed by atoms with van der Waals surface area (Å²) in [6, 6.07) is 4.46. The first-order chi connectivity index (χ1) is 9.81. The maximum absolute atomic E-state index is 11.4. The van der Waals surface area contributed by atoms with Crippen molar-refractivity contribution < 1.29 is 14.6 Å². The Morgan fingerprint density at radius 2 is 2.19 bits per heavy atom. The average Bonchev–Trinajstić information content (AvgIpc) is 2.66. The molecule has 0 saturated heterocycles. The molecule has 0 aliphatic heterocycles. The number of nitrogens with zero attached hydrogens (tertiary/aromatic N) is 2. The average molecular weight is 307 g/mol. The summed E-state index contributed by atoms with van der Waals surface area (Å²) in [5, 5.41) is 9.84. The number of aromatic carboxylic acids is 1. The third kappa shape index (κ3) is 3.42. The number of rotatable bonds is 6. The minimum Gasteiger partial charge on any atom is -0.478 e. The Balaban J connectivity index is 2.24. The van der Waals surface area contributed by atoms with Crippen LogP contribution in [0.4, 0.5) is 5.82 Å². The molecule has 2 rings (SSSR count). The summed E-state index contributed by atoms with van der Waals surface area (Å²) in [5.74, 6) is -0.865. The summed E-state index contributed by atoms with van der Waals surface area (Å²) in [5.41, 5.74) is 6.59. The van der Waals surface area contributed by atoms with E-state index in [2.05, 4.69) is 24.6 Å². The fourth-order valence-corrected chi connectivity index (χ4v) is 2.84. The second kappa shape index (κ2) is 5.86. The number of carboxylic acid groups (broad SMARTS) is 1. The SMILES string of the molecule is C[Si](C)(C)CCOCn1c(N)c(C(=O)O)c2cccnc21. The van der Waals surface area contributed by atoms with Crippen LogP contribution >= 0.6 is 0 Å². The van der Waals surface area contributed by atoms with Gasteiger partial charge in [-0.1, -0.05) is 19.6 Å². The fourth-order valence-electron chi connectivity index (χ4n) is 2.08. The Kier molecular flexibility index (Phi) is 4.34. The molecular weight excluding hydrogens is 286 g/mol. The number of carboxylic acids is 1. The first-order valence-corrected chi connectivity index (χ1v) is 10.6. The second-order valence-electron chi connectivity index (χ2n) is 6.22. The number of hydrogen-bond acceptors (Lipinski definition) is 4. The first-order valence-electron chi connectivity index (χ1n) is 6.85. The molecule has 0 aliphatic rings. The number of ether oxygens (including phenoxy) is 1. The van der Waals surface area contributed by atoms with Gasteiger partial charge in [-0.25, -0.2) is 9.78 Å². The van der Waals surface area contributed by atoms with Crippen molar-refractivity contribution >= 4 is 30.9 Å². The van der Waals surface area contributed by atoms with Crippen LogP contribution in [-0.2, 0) is 11.5 Å². The van der Waals surface area contributed by atoms with Gasteiger partial charge in [0.1, 0.15) is 23.8 Å². The minimum absolute atomic E-state index is 0.0897. The smallest absolute Gasteiger partial charge is 0.340 e. The van der Waals surface area contributed by atoms with Crippen LogP contribution in [0.25, 0.3) is 11.0 Å². The van der Waals surface area contributed by atoms with Crippen LogP contribution in [0, 0.1) is 0 Å².